The van der Waals surface area contributed by atoms with Gasteiger partial charge in [-0.2, -0.15) is 0 Å². The van der Waals surface area contributed by atoms with E-state index in [-0.39, 0.29) is 5.78 Å². The van der Waals surface area contributed by atoms with Gasteiger partial charge in [-0.15, -0.1) is 11.6 Å². The van der Waals surface area contributed by atoms with E-state index in [9.17, 15) is 4.79 Å². The molecule has 0 saturated heterocycles. The number of halogens is 3. The highest BCUT2D eigenvalue weighted by Gasteiger charge is 2.19. The zero-order valence-corrected chi connectivity index (χ0v) is 10.7. The Morgan fingerprint density at radius 1 is 1.57 bits per heavy atom. The van der Waals surface area contributed by atoms with Gasteiger partial charge in [-0.25, -0.2) is 0 Å². The van der Waals surface area contributed by atoms with Crippen LogP contribution < -0.4 is 0 Å². The molecule has 1 atom stereocenters. The summed E-state index contributed by atoms with van der Waals surface area (Å²) in [6.07, 6.45) is 0. The van der Waals surface area contributed by atoms with Gasteiger partial charge in [0.15, 0.2) is 5.78 Å². The van der Waals surface area contributed by atoms with Crippen LogP contribution in [-0.4, -0.2) is 5.78 Å². The summed E-state index contributed by atoms with van der Waals surface area (Å²) in [5.41, 5.74) is 1.66. The maximum absolute atomic E-state index is 11.2. The van der Waals surface area contributed by atoms with Gasteiger partial charge in [0.1, 0.15) is 5.38 Å². The molecule has 0 radical (unpaired) electrons. The van der Waals surface area contributed by atoms with Crippen molar-refractivity contribution in [2.45, 2.75) is 17.6 Å². The molecule has 1 rings (SSSR count). The highest BCUT2D eigenvalue weighted by Crippen LogP contribution is 2.32. The molecule has 0 amide bonds. The van der Waals surface area contributed by atoms with E-state index in [1.165, 1.54) is 6.92 Å². The first-order valence-corrected chi connectivity index (χ1v) is 5.99. The number of carbonyl (C=O) groups is 1. The van der Waals surface area contributed by atoms with E-state index in [0.29, 0.717) is 15.9 Å². The van der Waals surface area contributed by atoms with E-state index >= 15 is 0 Å². The minimum atomic E-state index is -0.656. The molecule has 0 aliphatic rings. The quantitative estimate of drug-likeness (QED) is 0.767. The Morgan fingerprint density at radius 2 is 2.21 bits per heavy atom. The third-order valence-corrected chi connectivity index (χ3v) is 3.36. The van der Waals surface area contributed by atoms with E-state index in [1.54, 1.807) is 6.07 Å². The summed E-state index contributed by atoms with van der Waals surface area (Å²) in [7, 11) is 0. The third kappa shape index (κ3) is 2.50. The minimum absolute atomic E-state index is 0.0954. The van der Waals surface area contributed by atoms with Gasteiger partial charge >= 0.3 is 0 Å². The lowest BCUT2D eigenvalue weighted by atomic mass is 10.0. The molecular weight excluding hydrogens is 287 g/mol. The van der Waals surface area contributed by atoms with Crippen LogP contribution in [0.3, 0.4) is 0 Å². The largest absolute Gasteiger partial charge is 0.298 e. The van der Waals surface area contributed by atoms with Gasteiger partial charge in [0.25, 0.3) is 0 Å². The molecule has 1 aromatic carbocycles. The highest BCUT2D eigenvalue weighted by molar-refractivity contribution is 9.08. The van der Waals surface area contributed by atoms with Crippen molar-refractivity contribution in [2.24, 2.45) is 0 Å². The van der Waals surface area contributed by atoms with Crippen LogP contribution in [0.2, 0.25) is 5.02 Å². The number of ketones is 1. The van der Waals surface area contributed by atoms with E-state index in [0.717, 1.165) is 5.56 Å². The molecule has 0 heterocycles. The molecule has 0 spiro atoms. The van der Waals surface area contributed by atoms with Crippen molar-refractivity contribution < 1.29 is 4.79 Å². The van der Waals surface area contributed by atoms with Gasteiger partial charge < -0.3 is 0 Å². The summed E-state index contributed by atoms with van der Waals surface area (Å²) in [6.45, 7) is 1.46. The van der Waals surface area contributed by atoms with E-state index < -0.39 is 5.38 Å². The van der Waals surface area contributed by atoms with Crippen LogP contribution in [0.1, 0.15) is 23.4 Å². The van der Waals surface area contributed by atoms with Crippen LogP contribution in [0.4, 0.5) is 0 Å². The number of carbonyl (C=O) groups excluding carboxylic acids is 1. The van der Waals surface area contributed by atoms with Gasteiger partial charge in [0.05, 0.1) is 0 Å². The molecule has 0 aromatic heterocycles. The predicted molar refractivity (Wildman–Crippen MR) is 63.4 cm³/mol. The second-order valence-electron chi connectivity index (χ2n) is 2.92. The summed E-state index contributed by atoms with van der Waals surface area (Å²) in [4.78, 5) is 11.2. The molecule has 0 bridgehead atoms. The van der Waals surface area contributed by atoms with Crippen LogP contribution in [0.5, 0.6) is 0 Å². The zero-order valence-electron chi connectivity index (χ0n) is 7.56. The van der Waals surface area contributed by atoms with E-state index in [2.05, 4.69) is 15.9 Å². The smallest absolute Gasteiger partial charge is 0.152 e. The summed E-state index contributed by atoms with van der Waals surface area (Å²) in [6, 6.07) is 5.47. The monoisotopic (exact) mass is 294 g/mol. The Hall–Kier alpha value is -0.0500. The lowest BCUT2D eigenvalue weighted by molar-refractivity contribution is -0.116. The second-order valence-corrected chi connectivity index (χ2v) is 4.32. The van der Waals surface area contributed by atoms with Crippen LogP contribution in [0.25, 0.3) is 0 Å². The standard InChI is InChI=1S/C10H9BrCl2O/c1-6(14)10(13)9-7(5-11)3-2-4-8(9)12/h2-4,10H,5H2,1H3. The average molecular weight is 296 g/mol. The molecule has 0 aliphatic heterocycles. The predicted octanol–water partition coefficient (Wildman–Crippen LogP) is 4.10. The van der Waals surface area contributed by atoms with Crippen molar-refractivity contribution in [1.29, 1.82) is 0 Å². The van der Waals surface area contributed by atoms with Gasteiger partial charge in [-0.3, -0.25) is 4.79 Å². The Kier molecular flexibility index (Phi) is 4.42. The Labute approximate surface area is 102 Å². The highest BCUT2D eigenvalue weighted by atomic mass is 79.9. The molecule has 14 heavy (non-hydrogen) atoms. The maximum atomic E-state index is 11.2. The van der Waals surface area contributed by atoms with Crippen molar-refractivity contribution in [3.8, 4) is 0 Å². The molecule has 1 aromatic rings. The lowest BCUT2D eigenvalue weighted by Crippen LogP contribution is -2.05. The first-order valence-electron chi connectivity index (χ1n) is 4.05. The lowest BCUT2D eigenvalue weighted by Gasteiger charge is -2.12. The number of hydrogen-bond donors (Lipinski definition) is 0. The Morgan fingerprint density at radius 3 is 2.71 bits per heavy atom. The fourth-order valence-electron chi connectivity index (χ4n) is 1.19. The fraction of sp³-hybridized carbons (Fsp3) is 0.300. The number of alkyl halides is 2. The molecule has 76 valence electrons. The molecular formula is C10H9BrCl2O. The number of hydrogen-bond acceptors (Lipinski definition) is 1. The molecule has 0 aliphatic carbocycles. The second kappa shape index (κ2) is 5.15. The van der Waals surface area contributed by atoms with Gasteiger partial charge in [0, 0.05) is 10.4 Å². The van der Waals surface area contributed by atoms with Crippen molar-refractivity contribution >= 4 is 44.9 Å². The molecule has 0 saturated carbocycles. The Balaban J connectivity index is 3.23. The van der Waals surface area contributed by atoms with Crippen LogP contribution in [0, 0.1) is 0 Å². The van der Waals surface area contributed by atoms with Crippen LogP contribution in [0.15, 0.2) is 18.2 Å². The van der Waals surface area contributed by atoms with Crippen molar-refractivity contribution in [2.75, 3.05) is 0 Å². The molecule has 0 N–H and O–H groups in total. The molecule has 1 nitrogen and oxygen atoms in total. The molecule has 0 fully saturated rings. The number of benzene rings is 1. The topological polar surface area (TPSA) is 17.1 Å². The third-order valence-electron chi connectivity index (χ3n) is 1.90. The normalized spacial score (nSPS) is 12.6. The number of Topliss-reactive ketones (excluding diaryl/α,β-unsaturated/α-hetero) is 1. The van der Waals surface area contributed by atoms with Gasteiger partial charge in [-0.05, 0) is 24.1 Å². The Bertz CT molecular complexity index is 352. The average Bonchev–Trinajstić information content (AvgIpc) is 2.16. The summed E-state index contributed by atoms with van der Waals surface area (Å²) >= 11 is 15.3. The zero-order chi connectivity index (χ0) is 10.7. The fourth-order valence-corrected chi connectivity index (χ4v) is 2.29. The van der Waals surface area contributed by atoms with E-state index in [1.807, 2.05) is 12.1 Å². The van der Waals surface area contributed by atoms with Crippen LogP contribution in [-0.2, 0) is 10.1 Å². The van der Waals surface area contributed by atoms with Crippen LogP contribution >= 0.6 is 39.1 Å². The SMILES string of the molecule is CC(=O)C(Cl)c1c(Cl)cccc1CBr. The van der Waals surface area contributed by atoms with Crippen molar-refractivity contribution in [1.82, 2.24) is 0 Å². The molecule has 4 heteroatoms. The maximum Gasteiger partial charge on any atom is 0.152 e. The summed E-state index contributed by atoms with van der Waals surface area (Å²) in [5, 5.41) is 0.521. The van der Waals surface area contributed by atoms with Gasteiger partial charge in [-0.1, -0.05) is 39.7 Å². The summed E-state index contributed by atoms with van der Waals surface area (Å²) in [5.74, 6) is -0.0954. The molecule has 1 unspecified atom stereocenters. The van der Waals surface area contributed by atoms with Crippen molar-refractivity contribution in [3.63, 3.8) is 0 Å². The number of rotatable bonds is 3. The van der Waals surface area contributed by atoms with E-state index in [4.69, 9.17) is 23.2 Å². The minimum Gasteiger partial charge on any atom is -0.298 e. The summed E-state index contributed by atoms with van der Waals surface area (Å²) < 4.78 is 0. The van der Waals surface area contributed by atoms with Gasteiger partial charge in [0.2, 0.25) is 0 Å². The first-order chi connectivity index (χ1) is 6.57. The first kappa shape index (κ1) is 12.0. The van der Waals surface area contributed by atoms with Crippen molar-refractivity contribution in [3.05, 3.63) is 34.3 Å².